The molecule has 1 amide bonds. The van der Waals surface area contributed by atoms with E-state index in [-0.39, 0.29) is 11.9 Å². The minimum absolute atomic E-state index is 0.00546. The van der Waals surface area contributed by atoms with Crippen molar-refractivity contribution >= 4 is 33.2 Å². The quantitative estimate of drug-likeness (QED) is 0.778. The number of amides is 1. The van der Waals surface area contributed by atoms with Crippen molar-refractivity contribution in [3.05, 3.63) is 16.9 Å². The van der Waals surface area contributed by atoms with Gasteiger partial charge in [0.25, 0.3) is 0 Å². The Morgan fingerprint density at radius 2 is 2.27 bits per heavy atom. The van der Waals surface area contributed by atoms with Crippen molar-refractivity contribution in [2.45, 2.75) is 12.5 Å². The van der Waals surface area contributed by atoms with E-state index in [2.05, 4.69) is 20.9 Å². The van der Waals surface area contributed by atoms with Gasteiger partial charge in [-0.25, -0.2) is 0 Å². The number of carbonyl (C=O) groups is 1. The van der Waals surface area contributed by atoms with Gasteiger partial charge in [0.2, 0.25) is 5.91 Å². The van der Waals surface area contributed by atoms with Gasteiger partial charge in [-0.3, -0.25) is 9.78 Å². The molecule has 2 rings (SSSR count). The highest BCUT2D eigenvalue weighted by Crippen LogP contribution is 2.31. The van der Waals surface area contributed by atoms with Crippen LogP contribution in [0.1, 0.15) is 6.42 Å². The minimum Gasteiger partial charge on any atom is -0.396 e. The molecule has 1 aromatic rings. The number of hydrogen-bond acceptors (Lipinski definition) is 4. The number of aromatic nitrogens is 1. The molecule has 1 aromatic heterocycles. The Hall–Kier alpha value is -1.14. The van der Waals surface area contributed by atoms with Gasteiger partial charge in [0.1, 0.15) is 0 Å². The fraction of sp³-hybridized carbons (Fsp3) is 0.333. The summed E-state index contributed by atoms with van der Waals surface area (Å²) in [6, 6.07) is -0.115. The molecule has 1 unspecified atom stereocenters. The number of nitrogens with zero attached hydrogens (tertiary/aromatic N) is 2. The highest BCUT2D eigenvalue weighted by atomic mass is 79.9. The van der Waals surface area contributed by atoms with Crippen LogP contribution in [-0.4, -0.2) is 23.5 Å². The standard InChI is InChI=1S/C9H11BrN4O/c10-6-2-13-3-7(9(6)12)14-4-5(11)1-8(14)15/h2-3,5H,1,4,11H2,(H2,12,13). The van der Waals surface area contributed by atoms with Crippen LogP contribution in [0.25, 0.3) is 0 Å². The Morgan fingerprint density at radius 3 is 2.87 bits per heavy atom. The van der Waals surface area contributed by atoms with Crippen LogP contribution in [0.4, 0.5) is 11.4 Å². The monoisotopic (exact) mass is 270 g/mol. The second kappa shape index (κ2) is 3.79. The zero-order valence-electron chi connectivity index (χ0n) is 7.98. The summed E-state index contributed by atoms with van der Waals surface area (Å²) < 4.78 is 0.688. The lowest BCUT2D eigenvalue weighted by atomic mass is 10.3. The van der Waals surface area contributed by atoms with E-state index in [9.17, 15) is 4.79 Å². The van der Waals surface area contributed by atoms with E-state index < -0.39 is 0 Å². The maximum absolute atomic E-state index is 11.6. The first-order valence-electron chi connectivity index (χ1n) is 4.54. The molecule has 1 saturated heterocycles. The van der Waals surface area contributed by atoms with Crippen molar-refractivity contribution in [1.29, 1.82) is 0 Å². The summed E-state index contributed by atoms with van der Waals surface area (Å²) in [6.45, 7) is 0.501. The number of carbonyl (C=O) groups excluding carboxylic acids is 1. The highest BCUT2D eigenvalue weighted by Gasteiger charge is 2.29. The van der Waals surface area contributed by atoms with Crippen LogP contribution in [-0.2, 0) is 4.79 Å². The van der Waals surface area contributed by atoms with E-state index >= 15 is 0 Å². The largest absolute Gasteiger partial charge is 0.396 e. The molecule has 1 fully saturated rings. The van der Waals surface area contributed by atoms with E-state index in [0.29, 0.717) is 28.8 Å². The molecule has 6 heteroatoms. The Bertz CT molecular complexity index is 409. The number of nitrogen functional groups attached to an aromatic ring is 1. The van der Waals surface area contributed by atoms with E-state index in [4.69, 9.17) is 11.5 Å². The summed E-state index contributed by atoms with van der Waals surface area (Å²) in [5, 5.41) is 0. The average Bonchev–Trinajstić information content (AvgIpc) is 2.50. The Labute approximate surface area is 95.6 Å². The van der Waals surface area contributed by atoms with Crippen LogP contribution in [0.2, 0.25) is 0 Å². The van der Waals surface area contributed by atoms with Gasteiger partial charge in [0.05, 0.1) is 22.0 Å². The first kappa shape index (κ1) is 10.4. The molecular formula is C9H11BrN4O. The lowest BCUT2D eigenvalue weighted by molar-refractivity contribution is -0.117. The molecule has 80 valence electrons. The normalized spacial score (nSPS) is 21.1. The molecule has 0 radical (unpaired) electrons. The number of rotatable bonds is 1. The van der Waals surface area contributed by atoms with Crippen molar-refractivity contribution < 1.29 is 4.79 Å². The molecule has 1 atom stereocenters. The second-order valence-electron chi connectivity index (χ2n) is 3.52. The summed E-state index contributed by atoms with van der Waals surface area (Å²) in [4.78, 5) is 17.2. The van der Waals surface area contributed by atoms with E-state index in [1.54, 1.807) is 17.3 Å². The average molecular weight is 271 g/mol. The molecule has 0 bridgehead atoms. The lowest BCUT2D eigenvalue weighted by Crippen LogP contribution is -2.28. The number of pyridine rings is 1. The number of hydrogen-bond donors (Lipinski definition) is 2. The molecule has 0 saturated carbocycles. The minimum atomic E-state index is -0.115. The first-order valence-corrected chi connectivity index (χ1v) is 5.34. The number of halogens is 1. The predicted molar refractivity (Wildman–Crippen MR) is 61.3 cm³/mol. The lowest BCUT2D eigenvalue weighted by Gasteiger charge is -2.18. The highest BCUT2D eigenvalue weighted by molar-refractivity contribution is 9.10. The van der Waals surface area contributed by atoms with Crippen LogP contribution in [0, 0.1) is 0 Å². The molecule has 0 spiro atoms. The molecule has 1 aliphatic rings. The van der Waals surface area contributed by atoms with Crippen molar-refractivity contribution in [2.24, 2.45) is 5.73 Å². The fourth-order valence-corrected chi connectivity index (χ4v) is 1.94. The smallest absolute Gasteiger partial charge is 0.228 e. The van der Waals surface area contributed by atoms with Gasteiger partial charge in [-0.1, -0.05) is 0 Å². The Kier molecular flexibility index (Phi) is 2.62. The maximum atomic E-state index is 11.6. The Morgan fingerprint density at radius 1 is 1.53 bits per heavy atom. The second-order valence-corrected chi connectivity index (χ2v) is 4.38. The summed E-state index contributed by atoms with van der Waals surface area (Å²) in [5.74, 6) is -0.00546. The van der Waals surface area contributed by atoms with E-state index in [1.807, 2.05) is 0 Å². The van der Waals surface area contributed by atoms with Crippen molar-refractivity contribution in [2.75, 3.05) is 17.2 Å². The van der Waals surface area contributed by atoms with Gasteiger partial charge in [0, 0.05) is 25.2 Å². The molecule has 4 N–H and O–H groups in total. The Balaban J connectivity index is 2.38. The molecule has 1 aliphatic heterocycles. The molecule has 0 aromatic carbocycles. The summed E-state index contributed by atoms with van der Waals surface area (Å²) in [5.41, 5.74) is 12.7. The van der Waals surface area contributed by atoms with Gasteiger partial charge in [-0.15, -0.1) is 0 Å². The molecule has 5 nitrogen and oxygen atoms in total. The predicted octanol–water partition coefficient (Wildman–Crippen LogP) is 0.490. The topological polar surface area (TPSA) is 85.2 Å². The first-order chi connectivity index (χ1) is 7.09. The van der Waals surface area contributed by atoms with Gasteiger partial charge in [-0.05, 0) is 15.9 Å². The maximum Gasteiger partial charge on any atom is 0.228 e. The van der Waals surface area contributed by atoms with Crippen molar-refractivity contribution in [3.8, 4) is 0 Å². The van der Waals surface area contributed by atoms with Crippen molar-refractivity contribution in [1.82, 2.24) is 4.98 Å². The molecule has 0 aliphatic carbocycles. The van der Waals surface area contributed by atoms with Crippen LogP contribution in [0.3, 0.4) is 0 Å². The summed E-state index contributed by atoms with van der Waals surface area (Å²) >= 11 is 3.27. The van der Waals surface area contributed by atoms with Gasteiger partial charge in [-0.2, -0.15) is 0 Å². The van der Waals surface area contributed by atoms with Crippen molar-refractivity contribution in [3.63, 3.8) is 0 Å². The third-order valence-electron chi connectivity index (χ3n) is 2.36. The fourth-order valence-electron chi connectivity index (χ4n) is 1.62. The van der Waals surface area contributed by atoms with Crippen LogP contribution >= 0.6 is 15.9 Å². The third kappa shape index (κ3) is 1.82. The molecule has 2 heterocycles. The van der Waals surface area contributed by atoms with Crippen LogP contribution in [0.5, 0.6) is 0 Å². The molecule has 15 heavy (non-hydrogen) atoms. The van der Waals surface area contributed by atoms with Crippen LogP contribution < -0.4 is 16.4 Å². The van der Waals surface area contributed by atoms with Gasteiger partial charge >= 0.3 is 0 Å². The SMILES string of the molecule is Nc1c(Br)cncc1N1CC(N)CC1=O. The zero-order chi connectivity index (χ0) is 11.0. The number of nitrogens with two attached hydrogens (primary N) is 2. The summed E-state index contributed by atoms with van der Waals surface area (Å²) in [6.07, 6.45) is 3.54. The third-order valence-corrected chi connectivity index (χ3v) is 3.00. The van der Waals surface area contributed by atoms with Crippen LogP contribution in [0.15, 0.2) is 16.9 Å². The zero-order valence-corrected chi connectivity index (χ0v) is 9.57. The van der Waals surface area contributed by atoms with E-state index in [1.165, 1.54) is 0 Å². The summed E-state index contributed by atoms with van der Waals surface area (Å²) in [7, 11) is 0. The van der Waals surface area contributed by atoms with E-state index in [0.717, 1.165) is 0 Å². The molecular weight excluding hydrogens is 260 g/mol. The van der Waals surface area contributed by atoms with Gasteiger partial charge in [0.15, 0.2) is 0 Å². The van der Waals surface area contributed by atoms with Gasteiger partial charge < -0.3 is 16.4 Å². The number of anilines is 2.